The van der Waals surface area contributed by atoms with E-state index in [0.717, 1.165) is 6.54 Å². The Morgan fingerprint density at radius 3 is 2.74 bits per heavy atom. The van der Waals surface area contributed by atoms with Crippen LogP contribution in [0.5, 0.6) is 0 Å². The number of carbonyl (C=O) groups is 3. The molecule has 19 heavy (non-hydrogen) atoms. The van der Waals surface area contributed by atoms with Crippen LogP contribution < -0.4 is 10.6 Å². The van der Waals surface area contributed by atoms with Gasteiger partial charge in [0.15, 0.2) is 0 Å². The predicted molar refractivity (Wildman–Crippen MR) is 65.6 cm³/mol. The largest absolute Gasteiger partial charge is 0.481 e. The Kier molecular flexibility index (Phi) is 6.23. The Morgan fingerprint density at radius 2 is 2.11 bits per heavy atom. The van der Waals surface area contributed by atoms with Gasteiger partial charge in [0.2, 0.25) is 5.91 Å². The summed E-state index contributed by atoms with van der Waals surface area (Å²) in [6.07, 6.45) is -0.611. The average Bonchev–Trinajstić information content (AvgIpc) is 2.34. The van der Waals surface area contributed by atoms with Gasteiger partial charge in [-0.15, -0.1) is 0 Å². The van der Waals surface area contributed by atoms with E-state index in [9.17, 15) is 14.4 Å². The smallest absolute Gasteiger partial charge is 0.321 e. The third kappa shape index (κ3) is 6.73. The number of hydrogen-bond donors (Lipinski definition) is 3. The van der Waals surface area contributed by atoms with Crippen LogP contribution in [-0.2, 0) is 14.3 Å². The number of likely N-dealkylation sites (N-methyl/N-ethyl adjacent to an activating group) is 1. The number of rotatable bonds is 5. The van der Waals surface area contributed by atoms with Crippen molar-refractivity contribution >= 4 is 17.9 Å². The number of aliphatic carboxylic acids is 1. The molecule has 0 aromatic heterocycles. The quantitative estimate of drug-likeness (QED) is 0.593. The molecule has 1 aliphatic rings. The highest BCUT2D eigenvalue weighted by atomic mass is 16.5. The van der Waals surface area contributed by atoms with E-state index in [4.69, 9.17) is 9.84 Å². The lowest BCUT2D eigenvalue weighted by Crippen LogP contribution is -2.48. The zero-order valence-electron chi connectivity index (χ0n) is 10.8. The monoisotopic (exact) mass is 273 g/mol. The topological polar surface area (TPSA) is 108 Å². The summed E-state index contributed by atoms with van der Waals surface area (Å²) >= 11 is 0. The van der Waals surface area contributed by atoms with E-state index in [0.29, 0.717) is 19.7 Å². The van der Waals surface area contributed by atoms with Crippen molar-refractivity contribution in [3.63, 3.8) is 0 Å². The van der Waals surface area contributed by atoms with Crippen molar-refractivity contribution in [2.45, 2.75) is 18.9 Å². The van der Waals surface area contributed by atoms with Gasteiger partial charge in [0.1, 0.15) is 0 Å². The Balaban J connectivity index is 2.16. The lowest BCUT2D eigenvalue weighted by molar-refractivity contribution is -0.138. The molecule has 8 heteroatoms. The Hall–Kier alpha value is -1.67. The van der Waals surface area contributed by atoms with Gasteiger partial charge in [0.25, 0.3) is 0 Å². The lowest BCUT2D eigenvalue weighted by Gasteiger charge is -2.30. The molecule has 108 valence electrons. The minimum absolute atomic E-state index is 0.0985. The van der Waals surface area contributed by atoms with Crippen LogP contribution in [0.25, 0.3) is 0 Å². The fraction of sp³-hybridized carbons (Fsp3) is 0.727. The van der Waals surface area contributed by atoms with E-state index in [2.05, 4.69) is 15.5 Å². The summed E-state index contributed by atoms with van der Waals surface area (Å²) in [6, 6.07) is -0.632. The Bertz CT molecular complexity index is 347. The van der Waals surface area contributed by atoms with Crippen molar-refractivity contribution in [2.24, 2.45) is 0 Å². The molecule has 1 saturated heterocycles. The highest BCUT2D eigenvalue weighted by Gasteiger charge is 2.18. The normalized spacial score (nSPS) is 19.7. The molecular weight excluding hydrogens is 254 g/mol. The lowest BCUT2D eigenvalue weighted by atomic mass is 10.3. The van der Waals surface area contributed by atoms with E-state index in [1.165, 1.54) is 0 Å². The molecule has 0 aliphatic carbocycles. The second kappa shape index (κ2) is 7.70. The number of carboxylic acids is 1. The first-order chi connectivity index (χ1) is 8.97. The van der Waals surface area contributed by atoms with Crippen molar-refractivity contribution in [3.8, 4) is 0 Å². The average molecular weight is 273 g/mol. The van der Waals surface area contributed by atoms with Crippen molar-refractivity contribution in [1.82, 2.24) is 15.5 Å². The first-order valence-electron chi connectivity index (χ1n) is 6.07. The van der Waals surface area contributed by atoms with Crippen molar-refractivity contribution < 1.29 is 24.2 Å². The summed E-state index contributed by atoms with van der Waals surface area (Å²) < 4.78 is 5.44. The van der Waals surface area contributed by atoms with Gasteiger partial charge >= 0.3 is 12.0 Å². The number of hydrogen-bond acceptors (Lipinski definition) is 5. The molecule has 0 aromatic carbocycles. The summed E-state index contributed by atoms with van der Waals surface area (Å²) in [4.78, 5) is 34.9. The third-order valence-electron chi connectivity index (χ3n) is 2.65. The van der Waals surface area contributed by atoms with Gasteiger partial charge in [-0.2, -0.15) is 0 Å². The maximum atomic E-state index is 11.4. The van der Waals surface area contributed by atoms with Gasteiger partial charge in [-0.3, -0.25) is 14.9 Å². The van der Waals surface area contributed by atoms with Crippen LogP contribution in [0.1, 0.15) is 12.8 Å². The molecule has 1 heterocycles. The zero-order chi connectivity index (χ0) is 14.3. The number of amides is 3. The van der Waals surface area contributed by atoms with Gasteiger partial charge in [0.05, 0.1) is 19.1 Å². The molecule has 3 amide bonds. The van der Waals surface area contributed by atoms with Gasteiger partial charge in [0, 0.05) is 26.1 Å². The molecule has 0 aromatic rings. The summed E-state index contributed by atoms with van der Waals surface area (Å²) in [6.45, 7) is 2.49. The molecule has 1 aliphatic heterocycles. The standard InChI is InChI=1S/C11H19N3O5/c1-14-4-5-19-8(7-14)6-12-11(18)13-9(15)2-3-10(16)17/h8H,2-7H2,1H3,(H,16,17)(H2,12,13,15,18). The van der Waals surface area contributed by atoms with Crippen LogP contribution in [0.2, 0.25) is 0 Å². The minimum atomic E-state index is -1.07. The first-order valence-corrected chi connectivity index (χ1v) is 6.07. The summed E-state index contributed by atoms with van der Waals surface area (Å²) in [5, 5.41) is 13.0. The number of morpholine rings is 1. The molecule has 1 fully saturated rings. The number of nitrogens with zero attached hydrogens (tertiary/aromatic N) is 1. The Morgan fingerprint density at radius 1 is 1.37 bits per heavy atom. The molecule has 0 radical (unpaired) electrons. The van der Waals surface area contributed by atoms with Crippen LogP contribution in [0.4, 0.5) is 4.79 Å². The Labute approximate surface area is 111 Å². The van der Waals surface area contributed by atoms with Crippen LogP contribution in [0.15, 0.2) is 0 Å². The molecule has 0 spiro atoms. The van der Waals surface area contributed by atoms with Crippen molar-refractivity contribution in [2.75, 3.05) is 33.3 Å². The van der Waals surface area contributed by atoms with Crippen LogP contribution in [-0.4, -0.2) is 67.3 Å². The van der Waals surface area contributed by atoms with E-state index in [1.807, 2.05) is 7.05 Å². The number of ether oxygens (including phenoxy) is 1. The van der Waals surface area contributed by atoms with Crippen LogP contribution in [0.3, 0.4) is 0 Å². The second-order valence-electron chi connectivity index (χ2n) is 4.41. The molecule has 0 saturated carbocycles. The maximum Gasteiger partial charge on any atom is 0.321 e. The molecule has 1 atom stereocenters. The number of urea groups is 1. The molecule has 0 bridgehead atoms. The summed E-state index contributed by atoms with van der Waals surface area (Å²) in [5.41, 5.74) is 0. The molecule has 8 nitrogen and oxygen atoms in total. The number of carboxylic acid groups (broad SMARTS) is 1. The van der Waals surface area contributed by atoms with Crippen LogP contribution in [0, 0.1) is 0 Å². The minimum Gasteiger partial charge on any atom is -0.481 e. The predicted octanol–water partition coefficient (Wildman–Crippen LogP) is -0.992. The van der Waals surface area contributed by atoms with E-state index in [-0.39, 0.29) is 18.9 Å². The van der Waals surface area contributed by atoms with Gasteiger partial charge in [-0.05, 0) is 7.05 Å². The van der Waals surface area contributed by atoms with Gasteiger partial charge < -0.3 is 20.1 Å². The number of nitrogens with one attached hydrogen (secondary N) is 2. The van der Waals surface area contributed by atoms with Crippen molar-refractivity contribution in [1.29, 1.82) is 0 Å². The van der Waals surface area contributed by atoms with E-state index < -0.39 is 17.9 Å². The molecular formula is C11H19N3O5. The van der Waals surface area contributed by atoms with Gasteiger partial charge in [-0.1, -0.05) is 0 Å². The second-order valence-corrected chi connectivity index (χ2v) is 4.41. The number of carbonyl (C=O) groups excluding carboxylic acids is 2. The van der Waals surface area contributed by atoms with E-state index in [1.54, 1.807) is 0 Å². The summed E-state index contributed by atoms with van der Waals surface area (Å²) in [7, 11) is 1.96. The fourth-order valence-corrected chi connectivity index (χ4v) is 1.65. The zero-order valence-corrected chi connectivity index (χ0v) is 10.8. The first kappa shape index (κ1) is 15.4. The SMILES string of the molecule is CN1CCOC(CNC(=O)NC(=O)CCC(=O)O)C1. The maximum absolute atomic E-state index is 11.4. The van der Waals surface area contributed by atoms with E-state index >= 15 is 0 Å². The third-order valence-corrected chi connectivity index (χ3v) is 2.65. The van der Waals surface area contributed by atoms with Crippen LogP contribution >= 0.6 is 0 Å². The fourth-order valence-electron chi connectivity index (χ4n) is 1.65. The highest BCUT2D eigenvalue weighted by molar-refractivity contribution is 5.95. The number of imide groups is 1. The molecule has 1 unspecified atom stereocenters. The van der Waals surface area contributed by atoms with Crippen molar-refractivity contribution in [3.05, 3.63) is 0 Å². The summed E-state index contributed by atoms with van der Waals surface area (Å²) in [5.74, 6) is -1.68. The van der Waals surface area contributed by atoms with Gasteiger partial charge in [-0.25, -0.2) is 4.79 Å². The highest BCUT2D eigenvalue weighted by Crippen LogP contribution is 2.01. The molecule has 3 N–H and O–H groups in total. The molecule has 1 rings (SSSR count).